The number of ether oxygens (including phenoxy) is 3. The number of aromatic nitrogens is 2. The van der Waals surface area contributed by atoms with Gasteiger partial charge in [0.15, 0.2) is 0 Å². The van der Waals surface area contributed by atoms with E-state index in [0.29, 0.717) is 55.2 Å². The van der Waals surface area contributed by atoms with Crippen molar-refractivity contribution >= 4 is 11.9 Å². The number of aromatic amines is 1. The van der Waals surface area contributed by atoms with Crippen LogP contribution in [0.2, 0.25) is 0 Å². The molecule has 2 N–H and O–H groups in total. The fraction of sp³-hybridized carbons (Fsp3) is 0.560. The number of methoxy groups -OCH3 is 1. The number of H-pyrrole nitrogens is 1. The highest BCUT2D eigenvalue weighted by molar-refractivity contribution is 5.98. The van der Waals surface area contributed by atoms with Crippen molar-refractivity contribution in [2.45, 2.75) is 52.3 Å². The Morgan fingerprint density at radius 1 is 1.24 bits per heavy atom. The predicted molar refractivity (Wildman–Crippen MR) is 128 cm³/mol. The van der Waals surface area contributed by atoms with Gasteiger partial charge in [-0.15, -0.1) is 0 Å². The average Bonchev–Trinajstić information content (AvgIpc) is 3.20. The molecule has 0 amide bonds. The molecule has 186 valence electrons. The van der Waals surface area contributed by atoms with Crippen LogP contribution in [0.3, 0.4) is 0 Å². The second kappa shape index (κ2) is 11.6. The molecule has 0 spiro atoms. The maximum Gasteiger partial charge on any atom is 0.355 e. The summed E-state index contributed by atoms with van der Waals surface area (Å²) in [5.74, 6) is -0.963. The van der Waals surface area contributed by atoms with Crippen LogP contribution in [0.5, 0.6) is 0 Å². The Morgan fingerprint density at radius 3 is 2.56 bits per heavy atom. The summed E-state index contributed by atoms with van der Waals surface area (Å²) in [5, 5.41) is 3.46. The number of nitrogens with zero attached hydrogens (tertiary/aromatic N) is 2. The molecule has 2 aromatic rings. The van der Waals surface area contributed by atoms with Gasteiger partial charge in [-0.2, -0.15) is 0 Å². The standard InChI is InChI=1S/C25H36N4O5/c1-6-17-21(23(30)32-5)19(28-22(17)24(31)34-25(2,3)4)15-26-16-20(18-9-7-8-10-27-18)29-11-13-33-14-12-29/h7-10,20,26,28H,6,11-16H2,1-5H3. The summed E-state index contributed by atoms with van der Waals surface area (Å²) < 4.78 is 16.1. The smallest absolute Gasteiger partial charge is 0.355 e. The van der Waals surface area contributed by atoms with E-state index in [1.807, 2.05) is 45.9 Å². The molecule has 1 aliphatic rings. The molecule has 9 nitrogen and oxygen atoms in total. The lowest BCUT2D eigenvalue weighted by molar-refractivity contribution is 0.00621. The minimum Gasteiger partial charge on any atom is -0.465 e. The van der Waals surface area contributed by atoms with Gasteiger partial charge in [0.2, 0.25) is 0 Å². The summed E-state index contributed by atoms with van der Waals surface area (Å²) in [5.41, 5.74) is 2.22. The molecule has 34 heavy (non-hydrogen) atoms. The van der Waals surface area contributed by atoms with E-state index in [9.17, 15) is 9.59 Å². The molecule has 0 bridgehead atoms. The van der Waals surface area contributed by atoms with Crippen LogP contribution in [-0.4, -0.2) is 72.4 Å². The first-order valence-electron chi connectivity index (χ1n) is 11.7. The molecule has 3 rings (SSSR count). The summed E-state index contributed by atoms with van der Waals surface area (Å²) in [6.45, 7) is 11.3. The Kier molecular flexibility index (Phi) is 8.82. The highest BCUT2D eigenvalue weighted by Crippen LogP contribution is 2.25. The maximum atomic E-state index is 12.8. The lowest BCUT2D eigenvalue weighted by atomic mass is 10.1. The molecular formula is C25H36N4O5. The Balaban J connectivity index is 1.82. The first-order valence-corrected chi connectivity index (χ1v) is 11.7. The Hall–Kier alpha value is -2.75. The summed E-state index contributed by atoms with van der Waals surface area (Å²) >= 11 is 0. The fourth-order valence-electron chi connectivity index (χ4n) is 4.15. The zero-order valence-corrected chi connectivity index (χ0v) is 20.8. The second-order valence-electron chi connectivity index (χ2n) is 9.23. The van der Waals surface area contributed by atoms with E-state index >= 15 is 0 Å². The molecule has 3 heterocycles. The SMILES string of the molecule is CCc1c(C(=O)OC(C)(C)C)[nH]c(CNCC(c2ccccn2)N2CCOCC2)c1C(=O)OC. The van der Waals surface area contributed by atoms with Crippen molar-refractivity contribution in [2.75, 3.05) is 40.0 Å². The lowest BCUT2D eigenvalue weighted by Crippen LogP contribution is -2.43. The zero-order valence-electron chi connectivity index (χ0n) is 20.8. The van der Waals surface area contributed by atoms with Gasteiger partial charge in [0, 0.05) is 38.1 Å². The van der Waals surface area contributed by atoms with E-state index in [1.165, 1.54) is 7.11 Å². The van der Waals surface area contributed by atoms with Gasteiger partial charge < -0.3 is 24.5 Å². The summed E-state index contributed by atoms with van der Waals surface area (Å²) in [7, 11) is 1.34. The molecule has 9 heteroatoms. The molecule has 1 aliphatic heterocycles. The summed E-state index contributed by atoms with van der Waals surface area (Å²) in [6.07, 6.45) is 2.28. The minimum atomic E-state index is -0.648. The highest BCUT2D eigenvalue weighted by atomic mass is 16.6. The number of pyridine rings is 1. The van der Waals surface area contributed by atoms with Crippen LogP contribution in [0.25, 0.3) is 0 Å². The summed E-state index contributed by atoms with van der Waals surface area (Å²) in [6, 6.07) is 5.96. The minimum absolute atomic E-state index is 0.0533. The van der Waals surface area contributed by atoms with Crippen LogP contribution in [0, 0.1) is 0 Å². The van der Waals surface area contributed by atoms with Gasteiger partial charge in [0.1, 0.15) is 11.3 Å². The normalized spacial score (nSPS) is 15.7. The van der Waals surface area contributed by atoms with Crippen LogP contribution < -0.4 is 5.32 Å². The molecule has 0 aromatic carbocycles. The van der Waals surface area contributed by atoms with E-state index < -0.39 is 17.5 Å². The molecule has 0 radical (unpaired) electrons. The number of carbonyl (C=O) groups is 2. The van der Waals surface area contributed by atoms with Gasteiger partial charge >= 0.3 is 11.9 Å². The monoisotopic (exact) mass is 472 g/mol. The van der Waals surface area contributed by atoms with Crippen molar-refractivity contribution in [1.82, 2.24) is 20.2 Å². The first kappa shape index (κ1) is 25.9. The van der Waals surface area contributed by atoms with Gasteiger partial charge in [-0.1, -0.05) is 13.0 Å². The van der Waals surface area contributed by atoms with E-state index in [4.69, 9.17) is 14.2 Å². The molecule has 1 atom stereocenters. The van der Waals surface area contributed by atoms with E-state index in [-0.39, 0.29) is 6.04 Å². The average molecular weight is 473 g/mol. The maximum absolute atomic E-state index is 12.8. The number of hydrogen-bond donors (Lipinski definition) is 2. The predicted octanol–water partition coefficient (Wildman–Crippen LogP) is 2.88. The highest BCUT2D eigenvalue weighted by Gasteiger charge is 2.29. The number of nitrogens with one attached hydrogen (secondary N) is 2. The lowest BCUT2D eigenvalue weighted by Gasteiger charge is -2.34. The topological polar surface area (TPSA) is 106 Å². The van der Waals surface area contributed by atoms with E-state index in [2.05, 4.69) is 20.2 Å². The quantitative estimate of drug-likeness (QED) is 0.537. The number of esters is 2. The van der Waals surface area contributed by atoms with Gasteiger partial charge in [0.25, 0.3) is 0 Å². The Morgan fingerprint density at radius 2 is 1.97 bits per heavy atom. The van der Waals surface area contributed by atoms with Crippen LogP contribution in [0.1, 0.15) is 71.5 Å². The Labute approximate surface area is 201 Å². The van der Waals surface area contributed by atoms with Crippen LogP contribution in [0.15, 0.2) is 24.4 Å². The van der Waals surface area contributed by atoms with Crippen molar-refractivity contribution in [3.05, 3.63) is 52.6 Å². The van der Waals surface area contributed by atoms with Crippen LogP contribution >= 0.6 is 0 Å². The van der Waals surface area contributed by atoms with Crippen molar-refractivity contribution in [3.63, 3.8) is 0 Å². The van der Waals surface area contributed by atoms with Crippen molar-refractivity contribution in [1.29, 1.82) is 0 Å². The molecule has 1 saturated heterocycles. The van der Waals surface area contributed by atoms with Gasteiger partial charge in [-0.05, 0) is 44.9 Å². The van der Waals surface area contributed by atoms with E-state index in [0.717, 1.165) is 18.8 Å². The Bertz CT molecular complexity index is 962. The number of morpholine rings is 1. The van der Waals surface area contributed by atoms with Crippen LogP contribution in [0.4, 0.5) is 0 Å². The van der Waals surface area contributed by atoms with Crippen molar-refractivity contribution in [3.8, 4) is 0 Å². The fourth-order valence-corrected chi connectivity index (χ4v) is 4.15. The molecule has 2 aromatic heterocycles. The van der Waals surface area contributed by atoms with E-state index in [1.54, 1.807) is 6.20 Å². The number of rotatable bonds is 9. The largest absolute Gasteiger partial charge is 0.465 e. The third-order valence-electron chi connectivity index (χ3n) is 5.68. The van der Waals surface area contributed by atoms with Gasteiger partial charge in [-0.25, -0.2) is 9.59 Å². The zero-order chi connectivity index (χ0) is 24.7. The molecule has 0 saturated carbocycles. The second-order valence-corrected chi connectivity index (χ2v) is 9.23. The summed E-state index contributed by atoms with van der Waals surface area (Å²) in [4.78, 5) is 35.5. The third kappa shape index (κ3) is 6.43. The van der Waals surface area contributed by atoms with Crippen molar-refractivity contribution < 1.29 is 23.8 Å². The number of carbonyl (C=O) groups excluding carboxylic acids is 2. The third-order valence-corrected chi connectivity index (χ3v) is 5.68. The first-order chi connectivity index (χ1) is 16.2. The molecular weight excluding hydrogens is 436 g/mol. The molecule has 1 fully saturated rings. The van der Waals surface area contributed by atoms with Gasteiger partial charge in [-0.3, -0.25) is 9.88 Å². The van der Waals surface area contributed by atoms with Crippen LogP contribution in [-0.2, 0) is 27.2 Å². The number of hydrogen-bond acceptors (Lipinski definition) is 8. The molecule has 1 unspecified atom stereocenters. The molecule has 0 aliphatic carbocycles. The van der Waals surface area contributed by atoms with Gasteiger partial charge in [0.05, 0.1) is 37.6 Å². The van der Waals surface area contributed by atoms with Crippen molar-refractivity contribution in [2.24, 2.45) is 0 Å².